The van der Waals surface area contributed by atoms with E-state index < -0.39 is 0 Å². The second-order valence-electron chi connectivity index (χ2n) is 5.34. The molecule has 0 bridgehead atoms. The van der Waals surface area contributed by atoms with Crippen LogP contribution in [-0.2, 0) is 7.05 Å². The van der Waals surface area contributed by atoms with Crippen molar-refractivity contribution in [3.63, 3.8) is 0 Å². The molecule has 0 radical (unpaired) electrons. The Morgan fingerprint density at radius 1 is 1.43 bits per heavy atom. The van der Waals surface area contributed by atoms with Crippen molar-refractivity contribution in [2.75, 3.05) is 13.7 Å². The number of carbonyl (C=O) groups excluding carboxylic acids is 1. The molecule has 1 aliphatic heterocycles. The van der Waals surface area contributed by atoms with Crippen LogP contribution in [0, 0.1) is 0 Å². The van der Waals surface area contributed by atoms with Gasteiger partial charge in [-0.3, -0.25) is 9.48 Å². The highest BCUT2D eigenvalue weighted by Gasteiger charge is 2.31. The molecule has 0 spiro atoms. The maximum atomic E-state index is 12.6. The van der Waals surface area contributed by atoms with Gasteiger partial charge in [0.1, 0.15) is 5.75 Å². The Hall–Kier alpha value is -2.30. The molecule has 110 valence electrons. The van der Waals surface area contributed by atoms with Gasteiger partial charge in [-0.05, 0) is 30.5 Å². The lowest BCUT2D eigenvalue weighted by molar-refractivity contribution is 0.0735. The molecule has 1 amide bonds. The maximum Gasteiger partial charge on any atom is 0.257 e. The van der Waals surface area contributed by atoms with Crippen LogP contribution in [0.5, 0.6) is 5.75 Å². The Balaban J connectivity index is 1.86. The fourth-order valence-corrected chi connectivity index (χ4v) is 2.90. The van der Waals surface area contributed by atoms with Gasteiger partial charge in [-0.25, -0.2) is 0 Å². The first-order valence-electron chi connectivity index (χ1n) is 7.12. The van der Waals surface area contributed by atoms with E-state index in [1.54, 1.807) is 24.2 Å². The van der Waals surface area contributed by atoms with Gasteiger partial charge >= 0.3 is 0 Å². The molecule has 1 aliphatic rings. The molecule has 0 saturated carbocycles. The molecule has 1 atom stereocenters. The van der Waals surface area contributed by atoms with Gasteiger partial charge in [0.25, 0.3) is 5.91 Å². The summed E-state index contributed by atoms with van der Waals surface area (Å²) in [4.78, 5) is 14.6. The van der Waals surface area contributed by atoms with Crippen LogP contribution in [0.1, 0.15) is 34.8 Å². The molecule has 5 heteroatoms. The van der Waals surface area contributed by atoms with Crippen molar-refractivity contribution in [1.82, 2.24) is 14.7 Å². The zero-order valence-electron chi connectivity index (χ0n) is 12.3. The van der Waals surface area contributed by atoms with Crippen LogP contribution < -0.4 is 4.74 Å². The smallest absolute Gasteiger partial charge is 0.257 e. The monoisotopic (exact) mass is 285 g/mol. The fraction of sp³-hybridized carbons (Fsp3) is 0.375. The van der Waals surface area contributed by atoms with Crippen molar-refractivity contribution >= 4 is 5.91 Å². The number of hydrogen-bond acceptors (Lipinski definition) is 3. The molecule has 21 heavy (non-hydrogen) atoms. The van der Waals surface area contributed by atoms with Crippen LogP contribution in [0.4, 0.5) is 0 Å². The first kappa shape index (κ1) is 13.7. The molecule has 1 aromatic heterocycles. The first-order chi connectivity index (χ1) is 10.2. The number of aromatic nitrogens is 2. The highest BCUT2D eigenvalue weighted by molar-refractivity contribution is 5.94. The average molecular weight is 285 g/mol. The van der Waals surface area contributed by atoms with E-state index >= 15 is 0 Å². The molecule has 1 unspecified atom stereocenters. The van der Waals surface area contributed by atoms with Crippen molar-refractivity contribution in [1.29, 1.82) is 0 Å². The third-order valence-corrected chi connectivity index (χ3v) is 3.94. The second-order valence-corrected chi connectivity index (χ2v) is 5.34. The van der Waals surface area contributed by atoms with Crippen LogP contribution in [0.15, 0.2) is 36.7 Å². The summed E-state index contributed by atoms with van der Waals surface area (Å²) in [6, 6.07) is 8.08. The van der Waals surface area contributed by atoms with Crippen molar-refractivity contribution in [2.24, 2.45) is 7.05 Å². The first-order valence-corrected chi connectivity index (χ1v) is 7.12. The minimum atomic E-state index is 0.0495. The summed E-state index contributed by atoms with van der Waals surface area (Å²) < 4.78 is 6.94. The Kier molecular flexibility index (Phi) is 3.64. The number of benzene rings is 1. The summed E-state index contributed by atoms with van der Waals surface area (Å²) in [7, 11) is 3.48. The van der Waals surface area contributed by atoms with E-state index in [0.29, 0.717) is 5.56 Å². The third-order valence-electron chi connectivity index (χ3n) is 3.94. The lowest BCUT2D eigenvalue weighted by Gasteiger charge is -2.25. The quantitative estimate of drug-likeness (QED) is 0.870. The number of carbonyl (C=O) groups is 1. The Morgan fingerprint density at radius 3 is 3.00 bits per heavy atom. The molecule has 1 aromatic carbocycles. The van der Waals surface area contributed by atoms with Gasteiger partial charge in [0.05, 0.1) is 24.9 Å². The van der Waals surface area contributed by atoms with Crippen molar-refractivity contribution in [2.45, 2.75) is 18.9 Å². The number of nitrogens with zero attached hydrogens (tertiary/aromatic N) is 3. The molecule has 1 saturated heterocycles. The molecular formula is C16H19N3O2. The summed E-state index contributed by atoms with van der Waals surface area (Å²) in [5.74, 6) is 0.876. The molecule has 0 aliphatic carbocycles. The second kappa shape index (κ2) is 5.60. The predicted octanol–water partition coefficient (Wildman–Crippen LogP) is 2.41. The van der Waals surface area contributed by atoms with Crippen molar-refractivity contribution < 1.29 is 9.53 Å². The topological polar surface area (TPSA) is 47.4 Å². The normalized spacial score (nSPS) is 18.0. The van der Waals surface area contributed by atoms with Crippen molar-refractivity contribution in [3.8, 4) is 5.75 Å². The van der Waals surface area contributed by atoms with Crippen LogP contribution >= 0.6 is 0 Å². The molecular weight excluding hydrogens is 266 g/mol. The molecule has 1 fully saturated rings. The number of methoxy groups -OCH3 is 1. The van der Waals surface area contributed by atoms with Gasteiger partial charge < -0.3 is 9.64 Å². The molecule has 2 heterocycles. The number of rotatable bonds is 3. The number of hydrogen-bond donors (Lipinski definition) is 0. The highest BCUT2D eigenvalue weighted by Crippen LogP contribution is 2.34. The number of amides is 1. The average Bonchev–Trinajstić information content (AvgIpc) is 3.15. The van der Waals surface area contributed by atoms with Gasteiger partial charge in [-0.15, -0.1) is 0 Å². The molecule has 5 nitrogen and oxygen atoms in total. The van der Waals surface area contributed by atoms with E-state index in [1.165, 1.54) is 0 Å². The minimum absolute atomic E-state index is 0.0495. The van der Waals surface area contributed by atoms with Gasteiger partial charge in [0, 0.05) is 19.8 Å². The lowest BCUT2D eigenvalue weighted by atomic mass is 10.0. The zero-order valence-corrected chi connectivity index (χ0v) is 12.3. The minimum Gasteiger partial charge on any atom is -0.497 e. The molecule has 2 aromatic rings. The van der Waals surface area contributed by atoms with Crippen LogP contribution in [-0.4, -0.2) is 34.2 Å². The predicted molar refractivity (Wildman–Crippen MR) is 79.2 cm³/mol. The summed E-state index contributed by atoms with van der Waals surface area (Å²) >= 11 is 0. The number of likely N-dealkylation sites (tertiary alicyclic amines) is 1. The van der Waals surface area contributed by atoms with E-state index in [2.05, 4.69) is 11.2 Å². The van der Waals surface area contributed by atoms with E-state index in [4.69, 9.17) is 4.74 Å². The van der Waals surface area contributed by atoms with E-state index in [9.17, 15) is 4.79 Å². The SMILES string of the molecule is COc1cccc(C2CCCN2C(=O)c2cnn(C)c2)c1. The summed E-state index contributed by atoms with van der Waals surface area (Å²) in [5, 5.41) is 4.08. The maximum absolute atomic E-state index is 12.6. The van der Waals surface area contributed by atoms with Gasteiger partial charge in [0.15, 0.2) is 0 Å². The zero-order chi connectivity index (χ0) is 14.8. The summed E-state index contributed by atoms with van der Waals surface area (Å²) in [6.07, 6.45) is 5.40. The number of ether oxygens (including phenoxy) is 1. The number of aryl methyl sites for hydroxylation is 1. The largest absolute Gasteiger partial charge is 0.497 e. The molecule has 0 N–H and O–H groups in total. The van der Waals surface area contributed by atoms with Gasteiger partial charge in [-0.2, -0.15) is 5.10 Å². The molecule has 3 rings (SSSR count). The van der Waals surface area contributed by atoms with Crippen LogP contribution in [0.25, 0.3) is 0 Å². The van der Waals surface area contributed by atoms with Gasteiger partial charge in [-0.1, -0.05) is 12.1 Å². The Labute approximate surface area is 124 Å². The van der Waals surface area contributed by atoms with Crippen LogP contribution in [0.2, 0.25) is 0 Å². The Bertz CT molecular complexity index is 650. The summed E-state index contributed by atoms with van der Waals surface area (Å²) in [5.41, 5.74) is 1.77. The highest BCUT2D eigenvalue weighted by atomic mass is 16.5. The summed E-state index contributed by atoms with van der Waals surface area (Å²) in [6.45, 7) is 0.787. The standard InChI is InChI=1S/C16H19N3O2/c1-18-11-13(10-17-18)16(20)19-8-4-7-15(19)12-5-3-6-14(9-12)21-2/h3,5-6,9-11,15H,4,7-8H2,1-2H3. The van der Waals surface area contributed by atoms with E-state index in [-0.39, 0.29) is 11.9 Å². The van der Waals surface area contributed by atoms with Crippen molar-refractivity contribution in [3.05, 3.63) is 47.8 Å². The third kappa shape index (κ3) is 2.63. The van der Waals surface area contributed by atoms with E-state index in [1.807, 2.05) is 30.1 Å². The van der Waals surface area contributed by atoms with Crippen LogP contribution in [0.3, 0.4) is 0 Å². The van der Waals surface area contributed by atoms with Gasteiger partial charge in [0.2, 0.25) is 0 Å². The van der Waals surface area contributed by atoms with E-state index in [0.717, 1.165) is 30.7 Å². The fourth-order valence-electron chi connectivity index (χ4n) is 2.90. The lowest BCUT2D eigenvalue weighted by Crippen LogP contribution is -2.30. The Morgan fingerprint density at radius 2 is 2.29 bits per heavy atom.